The maximum atomic E-state index is 5.73. The Balaban J connectivity index is 1.77. The van der Waals surface area contributed by atoms with Crippen LogP contribution in [0, 0.1) is 0 Å². The zero-order valence-electron chi connectivity index (χ0n) is 10.5. The van der Waals surface area contributed by atoms with Crippen molar-refractivity contribution in [3.05, 3.63) is 23.8 Å². The van der Waals surface area contributed by atoms with Crippen molar-refractivity contribution in [3.8, 4) is 0 Å². The number of hydrogen-bond donors (Lipinski definition) is 2. The molecule has 3 rings (SSSR count). The fourth-order valence-electron chi connectivity index (χ4n) is 2.53. The van der Waals surface area contributed by atoms with E-state index in [9.17, 15) is 0 Å². The van der Waals surface area contributed by atoms with E-state index in [-0.39, 0.29) is 0 Å². The molecule has 1 unspecified atom stereocenters. The minimum Gasteiger partial charge on any atom is -0.375 e. The lowest BCUT2D eigenvalue weighted by atomic mass is 10.0. The quantitative estimate of drug-likeness (QED) is 0.857. The van der Waals surface area contributed by atoms with Crippen molar-refractivity contribution in [1.82, 2.24) is 15.2 Å². The van der Waals surface area contributed by atoms with E-state index in [0.717, 1.165) is 31.6 Å². The first kappa shape index (κ1) is 11.9. The molecule has 1 atom stereocenters. The summed E-state index contributed by atoms with van der Waals surface area (Å²) in [5, 5.41) is 4.22. The first-order valence-electron chi connectivity index (χ1n) is 6.27. The predicted octanol–water partition coefficient (Wildman–Crippen LogP) is 1.32. The number of hydrogen-bond acceptors (Lipinski definition) is 5. The van der Waals surface area contributed by atoms with E-state index in [4.69, 9.17) is 5.73 Å². The second kappa shape index (κ2) is 4.84. The molecule has 1 saturated heterocycles. The molecule has 3 N–H and O–H groups in total. The summed E-state index contributed by atoms with van der Waals surface area (Å²) in [5.74, 6) is 0. The molecule has 0 amide bonds. The lowest BCUT2D eigenvalue weighted by Crippen LogP contribution is -2.49. The highest BCUT2D eigenvalue weighted by molar-refractivity contribution is 7.22. The molecule has 4 nitrogen and oxygen atoms in total. The van der Waals surface area contributed by atoms with Gasteiger partial charge in [0.05, 0.1) is 10.2 Å². The fourth-order valence-corrected chi connectivity index (χ4v) is 3.32. The van der Waals surface area contributed by atoms with Gasteiger partial charge in [-0.15, -0.1) is 0 Å². The molecular weight excluding hydrogens is 244 g/mol. The first-order chi connectivity index (χ1) is 8.70. The van der Waals surface area contributed by atoms with Crippen molar-refractivity contribution < 1.29 is 0 Å². The number of thiazole rings is 1. The second-order valence-electron chi connectivity index (χ2n) is 4.97. The average Bonchev–Trinajstić information content (AvgIpc) is 2.68. The number of aromatic nitrogens is 1. The van der Waals surface area contributed by atoms with Crippen LogP contribution in [0.1, 0.15) is 5.56 Å². The summed E-state index contributed by atoms with van der Waals surface area (Å²) >= 11 is 1.56. The van der Waals surface area contributed by atoms with Crippen molar-refractivity contribution in [2.75, 3.05) is 32.4 Å². The highest BCUT2D eigenvalue weighted by atomic mass is 32.1. The van der Waals surface area contributed by atoms with Crippen LogP contribution in [0.3, 0.4) is 0 Å². The number of rotatable bonds is 2. The van der Waals surface area contributed by atoms with Gasteiger partial charge in [0, 0.05) is 25.7 Å². The van der Waals surface area contributed by atoms with Crippen LogP contribution < -0.4 is 11.1 Å². The van der Waals surface area contributed by atoms with Gasteiger partial charge in [-0.3, -0.25) is 0 Å². The molecule has 1 fully saturated rings. The summed E-state index contributed by atoms with van der Waals surface area (Å²) in [6.07, 6.45) is 1.07. The lowest BCUT2D eigenvalue weighted by Gasteiger charge is -2.31. The summed E-state index contributed by atoms with van der Waals surface area (Å²) in [6, 6.07) is 7.01. The largest absolute Gasteiger partial charge is 0.375 e. The minimum atomic E-state index is 0.548. The number of piperazine rings is 1. The van der Waals surface area contributed by atoms with E-state index < -0.39 is 0 Å². The molecule has 5 heteroatoms. The molecular formula is C13H18N4S. The maximum Gasteiger partial charge on any atom is 0.181 e. The molecule has 0 radical (unpaired) electrons. The molecule has 2 aromatic rings. The molecule has 18 heavy (non-hydrogen) atoms. The predicted molar refractivity (Wildman–Crippen MR) is 77.0 cm³/mol. The fraction of sp³-hybridized carbons (Fsp3) is 0.462. The van der Waals surface area contributed by atoms with Gasteiger partial charge in [0.1, 0.15) is 0 Å². The Morgan fingerprint density at radius 3 is 3.28 bits per heavy atom. The standard InChI is InChI=1S/C13H18N4S/c1-17-5-4-15-10(8-17)6-9-2-3-11-12(7-9)18-13(14)16-11/h2-3,7,10,15H,4-6,8H2,1H3,(H2,14,16). The van der Waals surface area contributed by atoms with Gasteiger partial charge in [0.25, 0.3) is 0 Å². The van der Waals surface area contributed by atoms with Crippen molar-refractivity contribution in [2.45, 2.75) is 12.5 Å². The van der Waals surface area contributed by atoms with Crippen LogP contribution in [0.15, 0.2) is 18.2 Å². The molecule has 1 aromatic carbocycles. The number of nitrogens with two attached hydrogens (primary N) is 1. The molecule has 1 aliphatic rings. The van der Waals surface area contributed by atoms with Crippen LogP contribution in [0.5, 0.6) is 0 Å². The molecule has 2 heterocycles. The summed E-state index contributed by atoms with van der Waals surface area (Å²) in [6.45, 7) is 3.33. The summed E-state index contributed by atoms with van der Waals surface area (Å²) in [7, 11) is 2.18. The molecule has 1 aromatic heterocycles. The molecule has 0 aliphatic carbocycles. The van der Waals surface area contributed by atoms with Crippen molar-refractivity contribution in [1.29, 1.82) is 0 Å². The lowest BCUT2D eigenvalue weighted by molar-refractivity contribution is 0.238. The zero-order chi connectivity index (χ0) is 12.5. The van der Waals surface area contributed by atoms with Crippen molar-refractivity contribution >= 4 is 26.7 Å². The van der Waals surface area contributed by atoms with Gasteiger partial charge in [-0.05, 0) is 31.2 Å². The number of benzene rings is 1. The third-order valence-electron chi connectivity index (χ3n) is 3.41. The van der Waals surface area contributed by atoms with Crippen LogP contribution in [-0.4, -0.2) is 42.6 Å². The van der Waals surface area contributed by atoms with Gasteiger partial charge >= 0.3 is 0 Å². The van der Waals surface area contributed by atoms with E-state index in [1.165, 1.54) is 10.3 Å². The smallest absolute Gasteiger partial charge is 0.181 e. The molecule has 1 aliphatic heterocycles. The number of likely N-dealkylation sites (N-methyl/N-ethyl adjacent to an activating group) is 1. The maximum absolute atomic E-state index is 5.73. The monoisotopic (exact) mass is 262 g/mol. The minimum absolute atomic E-state index is 0.548. The Morgan fingerprint density at radius 1 is 1.56 bits per heavy atom. The van der Waals surface area contributed by atoms with Crippen LogP contribution in [0.2, 0.25) is 0 Å². The Kier molecular flexibility index (Phi) is 3.20. The van der Waals surface area contributed by atoms with E-state index in [0.29, 0.717) is 11.2 Å². The third kappa shape index (κ3) is 2.48. The van der Waals surface area contributed by atoms with Gasteiger partial charge in [-0.1, -0.05) is 17.4 Å². The molecule has 96 valence electrons. The Morgan fingerprint density at radius 2 is 2.44 bits per heavy atom. The van der Waals surface area contributed by atoms with Crippen LogP contribution in [0.25, 0.3) is 10.2 Å². The zero-order valence-corrected chi connectivity index (χ0v) is 11.3. The Bertz CT molecular complexity index is 551. The van der Waals surface area contributed by atoms with E-state index in [2.05, 4.69) is 40.4 Å². The third-order valence-corrected chi connectivity index (χ3v) is 4.26. The molecule has 0 saturated carbocycles. The van der Waals surface area contributed by atoms with Crippen molar-refractivity contribution in [3.63, 3.8) is 0 Å². The number of nitrogens with zero attached hydrogens (tertiary/aromatic N) is 2. The van der Waals surface area contributed by atoms with Crippen LogP contribution >= 0.6 is 11.3 Å². The molecule has 0 spiro atoms. The van der Waals surface area contributed by atoms with Gasteiger partial charge in [-0.2, -0.15) is 0 Å². The van der Waals surface area contributed by atoms with Gasteiger partial charge in [0.2, 0.25) is 0 Å². The normalized spacial score (nSPS) is 21.5. The van der Waals surface area contributed by atoms with Crippen LogP contribution in [0.4, 0.5) is 5.13 Å². The van der Waals surface area contributed by atoms with Crippen LogP contribution in [-0.2, 0) is 6.42 Å². The summed E-state index contributed by atoms with van der Waals surface area (Å²) < 4.78 is 1.19. The van der Waals surface area contributed by atoms with Gasteiger partial charge in [-0.25, -0.2) is 4.98 Å². The van der Waals surface area contributed by atoms with E-state index >= 15 is 0 Å². The van der Waals surface area contributed by atoms with Gasteiger partial charge in [0.15, 0.2) is 5.13 Å². The van der Waals surface area contributed by atoms with E-state index in [1.807, 2.05) is 0 Å². The highest BCUT2D eigenvalue weighted by Crippen LogP contribution is 2.25. The second-order valence-corrected chi connectivity index (χ2v) is 6.03. The Hall–Kier alpha value is -1.17. The van der Waals surface area contributed by atoms with Gasteiger partial charge < -0.3 is 16.0 Å². The SMILES string of the molecule is CN1CCNC(Cc2ccc3nc(N)sc3c2)C1. The topological polar surface area (TPSA) is 54.2 Å². The molecule has 0 bridgehead atoms. The van der Waals surface area contributed by atoms with Crippen molar-refractivity contribution in [2.24, 2.45) is 0 Å². The number of nitrogens with one attached hydrogen (secondary N) is 1. The van der Waals surface area contributed by atoms with E-state index in [1.54, 1.807) is 11.3 Å². The number of fused-ring (bicyclic) bond motifs is 1. The summed E-state index contributed by atoms with van der Waals surface area (Å²) in [5.41, 5.74) is 8.10. The summed E-state index contributed by atoms with van der Waals surface area (Å²) in [4.78, 5) is 6.66. The average molecular weight is 262 g/mol. The first-order valence-corrected chi connectivity index (χ1v) is 7.09. The Labute approximate surface area is 111 Å². The number of nitrogen functional groups attached to an aromatic ring is 1. The highest BCUT2D eigenvalue weighted by Gasteiger charge is 2.16. The number of anilines is 1.